The Morgan fingerprint density at radius 3 is 1.31 bits per heavy atom. The lowest BCUT2D eigenvalue weighted by atomic mass is 9.94. The van der Waals surface area contributed by atoms with E-state index in [0.29, 0.717) is 26.4 Å². The van der Waals surface area contributed by atoms with E-state index >= 15 is 0 Å². The molecule has 1 aliphatic rings. The highest BCUT2D eigenvalue weighted by molar-refractivity contribution is 5.71. The molecule has 4 aromatic rings. The van der Waals surface area contributed by atoms with Crippen molar-refractivity contribution in [3.63, 3.8) is 0 Å². The molecule has 0 saturated carbocycles. The number of hydrogen-bond donors (Lipinski definition) is 0. The molecule has 1 aliphatic heterocycles. The second kappa shape index (κ2) is 17.5. The first-order chi connectivity index (χ1) is 22.5. The summed E-state index contributed by atoms with van der Waals surface area (Å²) in [6.45, 7) is 19.9. The zero-order valence-corrected chi connectivity index (χ0v) is 29.7. The second-order valence-electron chi connectivity index (χ2n) is 12.9. The minimum atomic E-state index is 0. The van der Waals surface area contributed by atoms with Crippen LogP contribution < -0.4 is 14.2 Å². The van der Waals surface area contributed by atoms with Crippen LogP contribution in [0.4, 0.5) is 0 Å². The van der Waals surface area contributed by atoms with Gasteiger partial charge in [0.1, 0.15) is 42.9 Å². The molecule has 1 saturated heterocycles. The molecular formula is C42H54O7. The van der Waals surface area contributed by atoms with Crippen LogP contribution in [-0.4, -0.2) is 50.9 Å². The largest absolute Gasteiger partial charge is 0.493 e. The summed E-state index contributed by atoms with van der Waals surface area (Å²) in [5.74, 6) is 2.83. The molecule has 5 rings (SSSR count). The average Bonchev–Trinajstić information content (AvgIpc) is 3.84. The first-order valence-corrected chi connectivity index (χ1v) is 16.5. The summed E-state index contributed by atoms with van der Waals surface area (Å²) >= 11 is 0. The smallest absolute Gasteiger partial charge is 0.145 e. The predicted octanol–water partition coefficient (Wildman–Crippen LogP) is 8.64. The summed E-state index contributed by atoms with van der Waals surface area (Å²) in [5, 5.41) is 0. The van der Waals surface area contributed by atoms with Gasteiger partial charge in [-0.25, -0.2) is 0 Å². The Bertz CT molecular complexity index is 1660. The fourth-order valence-electron chi connectivity index (χ4n) is 6.38. The Morgan fingerprint density at radius 2 is 0.959 bits per heavy atom. The molecule has 0 aliphatic carbocycles. The summed E-state index contributed by atoms with van der Waals surface area (Å²) in [7, 11) is 0. The standard InChI is InChI=1S/C41H48O6.CH4.H2O/c1-25-14-33(15-26(2)38(25)24-43-13-10-42)34-16-27(3)39(28(4)17-34)44-11-9-12-45-40-29(5)18-35(19-30(40)6)36-20-31(7)41(32(8)21-36)47-23-37-22-46-37;;/h10,14-21,37H,9,11-13,22-24H2,1-8H3;1H4;1H2. The lowest BCUT2D eigenvalue weighted by Gasteiger charge is -2.18. The minimum absolute atomic E-state index is 0. The molecule has 1 fully saturated rings. The molecule has 7 heteroatoms. The van der Waals surface area contributed by atoms with Gasteiger partial charge in [0.05, 0.1) is 26.4 Å². The van der Waals surface area contributed by atoms with E-state index in [1.807, 2.05) is 0 Å². The number of rotatable bonds is 15. The molecule has 0 spiro atoms. The van der Waals surface area contributed by atoms with Crippen LogP contribution in [0.25, 0.3) is 22.3 Å². The Hall–Kier alpha value is -4.17. The molecule has 7 nitrogen and oxygen atoms in total. The van der Waals surface area contributed by atoms with Crippen molar-refractivity contribution in [2.45, 2.75) is 81.9 Å². The molecule has 1 unspecified atom stereocenters. The molecule has 2 N–H and O–H groups in total. The topological polar surface area (TPSA) is 98.0 Å². The van der Waals surface area contributed by atoms with E-state index in [4.69, 9.17) is 23.7 Å². The highest BCUT2D eigenvalue weighted by Gasteiger charge is 2.24. The van der Waals surface area contributed by atoms with Crippen LogP contribution in [-0.2, 0) is 20.9 Å². The van der Waals surface area contributed by atoms with E-state index in [-0.39, 0.29) is 25.6 Å². The average molecular weight is 671 g/mol. The second-order valence-corrected chi connectivity index (χ2v) is 12.9. The van der Waals surface area contributed by atoms with Gasteiger partial charge in [0, 0.05) is 6.42 Å². The summed E-state index contributed by atoms with van der Waals surface area (Å²) in [5.41, 5.74) is 14.9. The number of aldehydes is 1. The monoisotopic (exact) mass is 670 g/mol. The third kappa shape index (κ3) is 9.72. The lowest BCUT2D eigenvalue weighted by molar-refractivity contribution is -0.112. The van der Waals surface area contributed by atoms with Gasteiger partial charge in [0.25, 0.3) is 0 Å². The van der Waals surface area contributed by atoms with E-state index in [1.54, 1.807) is 0 Å². The van der Waals surface area contributed by atoms with Crippen molar-refractivity contribution in [1.82, 2.24) is 0 Å². The fourth-order valence-corrected chi connectivity index (χ4v) is 6.38. The van der Waals surface area contributed by atoms with Gasteiger partial charge in [-0.15, -0.1) is 0 Å². The van der Waals surface area contributed by atoms with Crippen LogP contribution in [0.3, 0.4) is 0 Å². The quantitative estimate of drug-likeness (QED) is 0.0714. The van der Waals surface area contributed by atoms with Gasteiger partial charge < -0.3 is 34.0 Å². The Morgan fingerprint density at radius 1 is 0.612 bits per heavy atom. The van der Waals surface area contributed by atoms with E-state index in [2.05, 4.69) is 104 Å². The van der Waals surface area contributed by atoms with Crippen molar-refractivity contribution in [1.29, 1.82) is 0 Å². The van der Waals surface area contributed by atoms with Crippen molar-refractivity contribution in [3.05, 3.63) is 98.6 Å². The molecule has 4 aromatic carbocycles. The van der Waals surface area contributed by atoms with Crippen molar-refractivity contribution in [2.75, 3.05) is 33.0 Å². The van der Waals surface area contributed by atoms with Crippen molar-refractivity contribution in [2.24, 2.45) is 0 Å². The Balaban J connectivity index is 0.00000325. The minimum Gasteiger partial charge on any atom is -0.493 e. The van der Waals surface area contributed by atoms with Gasteiger partial charge >= 0.3 is 0 Å². The molecule has 1 atom stereocenters. The molecule has 0 amide bonds. The maximum atomic E-state index is 10.6. The van der Waals surface area contributed by atoms with E-state index < -0.39 is 0 Å². The fraction of sp³-hybridized carbons (Fsp3) is 0.405. The highest BCUT2D eigenvalue weighted by Crippen LogP contribution is 2.35. The van der Waals surface area contributed by atoms with E-state index in [1.165, 1.54) is 11.1 Å². The number of carbonyl (C=O) groups is 1. The van der Waals surface area contributed by atoms with Crippen molar-refractivity contribution < 1.29 is 34.0 Å². The number of carbonyl (C=O) groups excluding carboxylic acids is 1. The van der Waals surface area contributed by atoms with Gasteiger partial charge in [-0.1, -0.05) is 19.6 Å². The molecule has 1 heterocycles. The zero-order valence-electron chi connectivity index (χ0n) is 29.7. The Kier molecular flexibility index (Phi) is 14.0. The van der Waals surface area contributed by atoms with Crippen LogP contribution in [0.2, 0.25) is 0 Å². The molecule has 264 valence electrons. The normalized spacial score (nSPS) is 13.3. The first kappa shape index (κ1) is 39.3. The maximum absolute atomic E-state index is 10.6. The zero-order chi connectivity index (χ0) is 33.7. The van der Waals surface area contributed by atoms with Crippen LogP contribution in [0.15, 0.2) is 48.5 Å². The number of epoxide rings is 1. The maximum Gasteiger partial charge on any atom is 0.145 e. The Labute approximate surface area is 292 Å². The third-order valence-electron chi connectivity index (χ3n) is 8.77. The highest BCUT2D eigenvalue weighted by atomic mass is 16.6. The molecule has 0 bridgehead atoms. The number of benzene rings is 4. The molecule has 0 aromatic heterocycles. The van der Waals surface area contributed by atoms with Gasteiger partial charge in [-0.05, 0) is 164 Å². The van der Waals surface area contributed by atoms with Crippen LogP contribution in [0.1, 0.15) is 63.9 Å². The molecular weight excluding hydrogens is 616 g/mol. The van der Waals surface area contributed by atoms with Gasteiger partial charge in [-0.3, -0.25) is 0 Å². The van der Waals surface area contributed by atoms with Crippen molar-refractivity contribution in [3.8, 4) is 39.5 Å². The van der Waals surface area contributed by atoms with Crippen LogP contribution in [0, 0.1) is 55.4 Å². The predicted molar refractivity (Wildman–Crippen MR) is 199 cm³/mol. The number of hydrogen-bond acceptors (Lipinski definition) is 6. The van der Waals surface area contributed by atoms with Crippen LogP contribution >= 0.6 is 0 Å². The van der Waals surface area contributed by atoms with E-state index in [0.717, 1.165) is 97.8 Å². The van der Waals surface area contributed by atoms with Crippen molar-refractivity contribution >= 4 is 6.29 Å². The number of aryl methyl sites for hydroxylation is 8. The molecule has 49 heavy (non-hydrogen) atoms. The lowest BCUT2D eigenvalue weighted by Crippen LogP contribution is -2.08. The molecule has 0 radical (unpaired) electrons. The SMILES string of the molecule is C.Cc1cc(-c2cc(C)c(OCCCOc3c(C)cc(-c4cc(C)c(OCC5CO5)c(C)c4)cc3C)c(C)c2)cc(C)c1COCC=O.O. The van der Waals surface area contributed by atoms with Gasteiger partial charge in [0.2, 0.25) is 0 Å². The summed E-state index contributed by atoms with van der Waals surface area (Å²) < 4.78 is 29.4. The third-order valence-corrected chi connectivity index (χ3v) is 8.77. The van der Waals surface area contributed by atoms with Crippen LogP contribution in [0.5, 0.6) is 17.2 Å². The van der Waals surface area contributed by atoms with Gasteiger partial charge in [0.15, 0.2) is 0 Å². The number of ether oxygens (including phenoxy) is 5. The first-order valence-electron chi connectivity index (χ1n) is 16.5. The summed E-state index contributed by atoms with van der Waals surface area (Å²) in [6.07, 6.45) is 1.80. The summed E-state index contributed by atoms with van der Waals surface area (Å²) in [6, 6.07) is 17.6. The van der Waals surface area contributed by atoms with E-state index in [9.17, 15) is 4.79 Å². The summed E-state index contributed by atoms with van der Waals surface area (Å²) in [4.78, 5) is 10.6. The van der Waals surface area contributed by atoms with Gasteiger partial charge in [-0.2, -0.15) is 0 Å².